The zero-order chi connectivity index (χ0) is 15.7. The minimum Gasteiger partial charge on any atom is -0.322 e. The first kappa shape index (κ1) is 15.1. The van der Waals surface area contributed by atoms with E-state index in [1.54, 1.807) is 10.9 Å². The van der Waals surface area contributed by atoms with Crippen LogP contribution in [0.15, 0.2) is 41.1 Å². The van der Waals surface area contributed by atoms with Gasteiger partial charge in [0.25, 0.3) is 5.92 Å². The van der Waals surface area contributed by atoms with E-state index in [0.717, 1.165) is 10.2 Å². The van der Waals surface area contributed by atoms with Crippen molar-refractivity contribution in [2.75, 3.05) is 11.9 Å². The molecular weight excluding hydrogens is 358 g/mol. The highest BCUT2D eigenvalue weighted by atomic mass is 79.9. The Morgan fingerprint density at radius 3 is 2.91 bits per heavy atom. The predicted molar refractivity (Wildman–Crippen MR) is 81.2 cm³/mol. The summed E-state index contributed by atoms with van der Waals surface area (Å²) in [6, 6.07) is 6.60. The third-order valence-electron chi connectivity index (χ3n) is 3.38. The van der Waals surface area contributed by atoms with E-state index >= 15 is 0 Å². The van der Waals surface area contributed by atoms with Crippen LogP contribution < -0.4 is 10.6 Å². The van der Waals surface area contributed by atoms with Gasteiger partial charge in [0.05, 0.1) is 36.4 Å². The highest BCUT2D eigenvalue weighted by molar-refractivity contribution is 9.10. The maximum absolute atomic E-state index is 13.1. The van der Waals surface area contributed by atoms with Crippen molar-refractivity contribution < 1.29 is 13.6 Å². The van der Waals surface area contributed by atoms with Gasteiger partial charge in [0, 0.05) is 10.9 Å². The van der Waals surface area contributed by atoms with Crippen molar-refractivity contribution in [1.82, 2.24) is 15.1 Å². The van der Waals surface area contributed by atoms with Crippen LogP contribution >= 0.6 is 15.9 Å². The van der Waals surface area contributed by atoms with Crippen molar-refractivity contribution in [2.24, 2.45) is 0 Å². The summed E-state index contributed by atoms with van der Waals surface area (Å²) in [5.41, 5.74) is 1.27. The molecule has 3 rings (SSSR count). The van der Waals surface area contributed by atoms with Gasteiger partial charge in [-0.3, -0.25) is 10.1 Å². The van der Waals surface area contributed by atoms with Gasteiger partial charge < -0.3 is 5.32 Å². The van der Waals surface area contributed by atoms with Crippen LogP contribution in [0.3, 0.4) is 0 Å². The van der Waals surface area contributed by atoms with Crippen molar-refractivity contribution in [3.63, 3.8) is 0 Å². The summed E-state index contributed by atoms with van der Waals surface area (Å²) in [6.07, 6.45) is 2.62. The van der Waals surface area contributed by atoms with E-state index in [1.807, 2.05) is 24.3 Å². The van der Waals surface area contributed by atoms with Crippen LogP contribution in [0.25, 0.3) is 5.69 Å². The molecule has 1 aliphatic rings. The summed E-state index contributed by atoms with van der Waals surface area (Å²) in [5.74, 6) is -3.31. The Morgan fingerprint density at radius 2 is 2.23 bits per heavy atom. The third-order valence-corrected chi connectivity index (χ3v) is 4.05. The van der Waals surface area contributed by atoms with Crippen LogP contribution in [-0.2, 0) is 4.79 Å². The topological polar surface area (TPSA) is 59.0 Å². The number of amides is 1. The number of nitrogens with one attached hydrogen (secondary N) is 2. The number of aromatic nitrogens is 2. The Bertz CT molecular complexity index is 704. The number of hydrogen-bond donors (Lipinski definition) is 2. The Balaban J connectivity index is 1.70. The number of carbonyl (C=O) groups excluding carboxylic acids is 1. The molecule has 8 heteroatoms. The van der Waals surface area contributed by atoms with E-state index in [1.165, 1.54) is 6.20 Å². The minimum absolute atomic E-state index is 0.456. The molecule has 116 valence electrons. The highest BCUT2D eigenvalue weighted by Crippen LogP contribution is 2.26. The molecule has 1 amide bonds. The van der Waals surface area contributed by atoms with E-state index in [2.05, 4.69) is 31.7 Å². The van der Waals surface area contributed by atoms with Gasteiger partial charge in [-0.15, -0.1) is 0 Å². The maximum atomic E-state index is 13.1. The summed E-state index contributed by atoms with van der Waals surface area (Å²) >= 11 is 3.42. The zero-order valence-electron chi connectivity index (χ0n) is 11.4. The minimum atomic E-state index is -2.83. The number of nitrogens with zero attached hydrogens (tertiary/aromatic N) is 2. The molecule has 0 spiro atoms. The molecule has 2 N–H and O–H groups in total. The van der Waals surface area contributed by atoms with Gasteiger partial charge in [-0.05, 0) is 28.1 Å². The SMILES string of the molecule is O=C(Nc1cnn(-c2ccccc2Br)c1)C1CC(F)(F)CN1. The van der Waals surface area contributed by atoms with Crippen LogP contribution in [0.1, 0.15) is 6.42 Å². The van der Waals surface area contributed by atoms with Crippen LogP contribution in [0, 0.1) is 0 Å². The smallest absolute Gasteiger partial charge is 0.262 e. The normalized spacial score (nSPS) is 20.0. The molecular formula is C14H13BrF2N4O. The van der Waals surface area contributed by atoms with Crippen molar-refractivity contribution in [2.45, 2.75) is 18.4 Å². The monoisotopic (exact) mass is 370 g/mol. The summed E-state index contributed by atoms with van der Waals surface area (Å²) in [7, 11) is 0. The number of halogens is 3. The van der Waals surface area contributed by atoms with Gasteiger partial charge in [-0.2, -0.15) is 5.10 Å². The summed E-state index contributed by atoms with van der Waals surface area (Å²) in [6.45, 7) is -0.471. The van der Waals surface area contributed by atoms with Crippen LogP contribution in [0.4, 0.5) is 14.5 Å². The van der Waals surface area contributed by atoms with E-state index in [0.29, 0.717) is 5.69 Å². The first-order valence-corrected chi connectivity index (χ1v) is 7.46. The van der Waals surface area contributed by atoms with Gasteiger partial charge in [-0.25, -0.2) is 13.5 Å². The summed E-state index contributed by atoms with van der Waals surface area (Å²) in [4.78, 5) is 12.0. The lowest BCUT2D eigenvalue weighted by molar-refractivity contribution is -0.118. The Labute approximate surface area is 133 Å². The maximum Gasteiger partial charge on any atom is 0.262 e. The fourth-order valence-corrected chi connectivity index (χ4v) is 2.75. The number of carbonyl (C=O) groups is 1. The quantitative estimate of drug-likeness (QED) is 0.872. The standard InChI is InChI=1S/C14H13BrF2N4O/c15-10-3-1-2-4-12(10)21-7-9(6-19-21)20-13(22)11-5-14(16,17)8-18-11/h1-4,6-7,11,18H,5,8H2,(H,20,22). The Kier molecular flexibility index (Phi) is 3.96. The van der Waals surface area contributed by atoms with Gasteiger partial charge in [0.2, 0.25) is 5.91 Å². The molecule has 0 saturated carbocycles. The Morgan fingerprint density at radius 1 is 1.45 bits per heavy atom. The number of anilines is 1. The highest BCUT2D eigenvalue weighted by Gasteiger charge is 2.42. The van der Waals surface area contributed by atoms with Gasteiger partial charge >= 0.3 is 0 Å². The lowest BCUT2D eigenvalue weighted by Gasteiger charge is -2.09. The van der Waals surface area contributed by atoms with Crippen molar-refractivity contribution >= 4 is 27.5 Å². The molecule has 1 atom stereocenters. The fraction of sp³-hybridized carbons (Fsp3) is 0.286. The van der Waals surface area contributed by atoms with Crippen molar-refractivity contribution in [3.8, 4) is 5.69 Å². The molecule has 0 aliphatic carbocycles. The van der Waals surface area contributed by atoms with E-state index < -0.39 is 30.8 Å². The van der Waals surface area contributed by atoms with E-state index in [4.69, 9.17) is 0 Å². The number of benzene rings is 1. The molecule has 2 heterocycles. The molecule has 22 heavy (non-hydrogen) atoms. The lowest BCUT2D eigenvalue weighted by atomic mass is 10.2. The number of hydrogen-bond acceptors (Lipinski definition) is 3. The number of alkyl halides is 2. The molecule has 1 aromatic carbocycles. The first-order valence-electron chi connectivity index (χ1n) is 6.66. The van der Waals surface area contributed by atoms with Crippen molar-refractivity contribution in [1.29, 1.82) is 0 Å². The number of rotatable bonds is 3. The molecule has 1 unspecified atom stereocenters. The zero-order valence-corrected chi connectivity index (χ0v) is 13.0. The van der Waals surface area contributed by atoms with Crippen LogP contribution in [0.2, 0.25) is 0 Å². The summed E-state index contributed by atoms with van der Waals surface area (Å²) < 4.78 is 28.6. The molecule has 2 aromatic rings. The lowest BCUT2D eigenvalue weighted by Crippen LogP contribution is -2.35. The molecule has 1 aromatic heterocycles. The van der Waals surface area contributed by atoms with E-state index in [-0.39, 0.29) is 0 Å². The summed E-state index contributed by atoms with van der Waals surface area (Å²) in [5, 5.41) is 9.27. The molecule has 5 nitrogen and oxygen atoms in total. The van der Waals surface area contributed by atoms with E-state index in [9.17, 15) is 13.6 Å². The molecule has 0 radical (unpaired) electrons. The molecule has 0 bridgehead atoms. The average Bonchev–Trinajstić information content (AvgIpc) is 3.06. The van der Waals surface area contributed by atoms with Crippen LogP contribution in [0.5, 0.6) is 0 Å². The average molecular weight is 371 g/mol. The first-order chi connectivity index (χ1) is 10.4. The second-order valence-electron chi connectivity index (χ2n) is 5.11. The van der Waals surface area contributed by atoms with Crippen LogP contribution in [-0.4, -0.2) is 34.2 Å². The molecule has 1 fully saturated rings. The fourth-order valence-electron chi connectivity index (χ4n) is 2.29. The second kappa shape index (κ2) is 5.77. The number of para-hydroxylation sites is 1. The Hall–Kier alpha value is -1.80. The third kappa shape index (κ3) is 3.17. The molecule has 1 saturated heterocycles. The second-order valence-corrected chi connectivity index (χ2v) is 5.96. The predicted octanol–water partition coefficient (Wildman–Crippen LogP) is 2.57. The molecule has 1 aliphatic heterocycles. The van der Waals surface area contributed by atoms with Crippen molar-refractivity contribution in [3.05, 3.63) is 41.1 Å². The van der Waals surface area contributed by atoms with Gasteiger partial charge in [0.1, 0.15) is 0 Å². The van der Waals surface area contributed by atoms with Gasteiger partial charge in [0.15, 0.2) is 0 Å². The van der Waals surface area contributed by atoms with Gasteiger partial charge in [-0.1, -0.05) is 12.1 Å². The largest absolute Gasteiger partial charge is 0.322 e.